The van der Waals surface area contributed by atoms with E-state index in [4.69, 9.17) is 0 Å². The van der Waals surface area contributed by atoms with E-state index < -0.39 is 0 Å². The molecule has 0 aliphatic heterocycles. The third-order valence-corrected chi connectivity index (χ3v) is 3.82. The maximum Gasteiger partial charge on any atom is 0.169 e. The zero-order chi connectivity index (χ0) is 11.8. The van der Waals surface area contributed by atoms with Gasteiger partial charge in [-0.25, -0.2) is 0 Å². The Morgan fingerprint density at radius 3 is 2.44 bits per heavy atom. The van der Waals surface area contributed by atoms with Gasteiger partial charge in [-0.15, -0.1) is 0 Å². The van der Waals surface area contributed by atoms with Gasteiger partial charge in [0, 0.05) is 11.0 Å². The van der Waals surface area contributed by atoms with Crippen molar-refractivity contribution in [1.29, 1.82) is 0 Å². The second-order valence-corrected chi connectivity index (χ2v) is 5.17. The number of rotatable bonds is 1. The third-order valence-electron chi connectivity index (χ3n) is 3.82. The fourth-order valence-electron chi connectivity index (χ4n) is 2.12. The van der Waals surface area contributed by atoms with Gasteiger partial charge in [0.1, 0.15) is 0 Å². The molecule has 0 spiro atoms. The Bertz CT molecular complexity index is 426. The molecule has 1 atom stereocenters. The summed E-state index contributed by atoms with van der Waals surface area (Å²) in [6, 6.07) is 9.96. The molecule has 0 radical (unpaired) electrons. The molecule has 0 saturated carbocycles. The van der Waals surface area contributed by atoms with Crippen LogP contribution in [0.4, 0.5) is 0 Å². The molecule has 0 amide bonds. The average molecular weight is 214 g/mol. The number of hydrogen-bond acceptors (Lipinski definition) is 1. The lowest BCUT2D eigenvalue weighted by Gasteiger charge is -2.34. The molecule has 0 saturated heterocycles. The Hall–Kier alpha value is -1.37. The molecule has 0 heterocycles. The van der Waals surface area contributed by atoms with Crippen LogP contribution in [0.5, 0.6) is 0 Å². The van der Waals surface area contributed by atoms with Crippen molar-refractivity contribution >= 4 is 11.4 Å². The average Bonchev–Trinajstić information content (AvgIpc) is 2.28. The van der Waals surface area contributed by atoms with Crippen molar-refractivity contribution < 1.29 is 4.79 Å². The minimum Gasteiger partial charge on any atom is -0.294 e. The first kappa shape index (κ1) is 11.1. The molecule has 2 rings (SSSR count). The van der Waals surface area contributed by atoms with Gasteiger partial charge in [-0.2, -0.15) is 0 Å². The van der Waals surface area contributed by atoms with Crippen LogP contribution in [0.15, 0.2) is 36.4 Å². The molecule has 16 heavy (non-hydrogen) atoms. The Kier molecular flexibility index (Phi) is 2.71. The van der Waals surface area contributed by atoms with E-state index in [9.17, 15) is 4.79 Å². The van der Waals surface area contributed by atoms with Crippen molar-refractivity contribution in [1.82, 2.24) is 0 Å². The van der Waals surface area contributed by atoms with Crippen LogP contribution in [0.2, 0.25) is 0 Å². The smallest absolute Gasteiger partial charge is 0.169 e. The van der Waals surface area contributed by atoms with Crippen LogP contribution in [0.25, 0.3) is 5.57 Å². The zero-order valence-corrected chi connectivity index (χ0v) is 10.2. The van der Waals surface area contributed by atoms with Gasteiger partial charge in [-0.3, -0.25) is 4.79 Å². The summed E-state index contributed by atoms with van der Waals surface area (Å²) < 4.78 is 0. The molecule has 1 nitrogen and oxygen atoms in total. The van der Waals surface area contributed by atoms with E-state index >= 15 is 0 Å². The predicted octanol–water partition coefficient (Wildman–Crippen LogP) is 3.71. The molecule has 1 aliphatic carbocycles. The highest BCUT2D eigenvalue weighted by molar-refractivity contribution is 6.23. The second-order valence-electron chi connectivity index (χ2n) is 5.17. The zero-order valence-electron chi connectivity index (χ0n) is 10.2. The van der Waals surface area contributed by atoms with Crippen LogP contribution >= 0.6 is 0 Å². The molecular formula is C15H18O. The van der Waals surface area contributed by atoms with E-state index in [-0.39, 0.29) is 11.2 Å². The molecule has 1 aromatic carbocycles. The van der Waals surface area contributed by atoms with E-state index in [2.05, 4.69) is 26.8 Å². The van der Waals surface area contributed by atoms with Crippen LogP contribution < -0.4 is 0 Å². The highest BCUT2D eigenvalue weighted by atomic mass is 16.1. The lowest BCUT2D eigenvalue weighted by molar-refractivity contribution is -0.124. The number of allylic oxidation sites excluding steroid dienone is 2. The summed E-state index contributed by atoms with van der Waals surface area (Å²) in [4.78, 5) is 12.4. The Morgan fingerprint density at radius 2 is 1.81 bits per heavy atom. The maximum absolute atomic E-state index is 12.4. The van der Waals surface area contributed by atoms with Crippen molar-refractivity contribution in [2.24, 2.45) is 11.3 Å². The van der Waals surface area contributed by atoms with Gasteiger partial charge >= 0.3 is 0 Å². The van der Waals surface area contributed by atoms with Gasteiger partial charge in [0.2, 0.25) is 0 Å². The summed E-state index contributed by atoms with van der Waals surface area (Å²) in [6.07, 6.45) is 3.08. The maximum atomic E-state index is 12.4. The van der Waals surface area contributed by atoms with Crippen LogP contribution in [0.3, 0.4) is 0 Å². The minimum atomic E-state index is -0.236. The fourth-order valence-corrected chi connectivity index (χ4v) is 2.12. The molecule has 1 aromatic rings. The third kappa shape index (κ3) is 1.71. The Labute approximate surface area is 97.2 Å². The monoisotopic (exact) mass is 214 g/mol. The molecule has 1 heteroatoms. The van der Waals surface area contributed by atoms with Crippen LogP contribution in [-0.2, 0) is 4.79 Å². The van der Waals surface area contributed by atoms with Gasteiger partial charge in [0.05, 0.1) is 0 Å². The summed E-state index contributed by atoms with van der Waals surface area (Å²) in [5.74, 6) is 0.699. The Balaban J connectivity index is 2.42. The van der Waals surface area contributed by atoms with Crippen molar-refractivity contribution in [3.8, 4) is 0 Å². The number of hydrogen-bond donors (Lipinski definition) is 0. The van der Waals surface area contributed by atoms with Crippen LogP contribution in [0, 0.1) is 11.3 Å². The van der Waals surface area contributed by atoms with Gasteiger partial charge < -0.3 is 0 Å². The molecule has 0 bridgehead atoms. The molecule has 0 aromatic heterocycles. The van der Waals surface area contributed by atoms with Gasteiger partial charge in [0.15, 0.2) is 5.78 Å². The van der Waals surface area contributed by atoms with Gasteiger partial charge in [0.25, 0.3) is 0 Å². The topological polar surface area (TPSA) is 17.1 Å². The molecule has 0 fully saturated rings. The summed E-state index contributed by atoms with van der Waals surface area (Å²) in [5.41, 5.74) is 1.70. The van der Waals surface area contributed by atoms with Crippen molar-refractivity contribution in [3.63, 3.8) is 0 Å². The number of ketones is 1. The fraction of sp³-hybridized carbons (Fsp3) is 0.400. The van der Waals surface area contributed by atoms with E-state index in [1.165, 1.54) is 0 Å². The van der Waals surface area contributed by atoms with Crippen molar-refractivity contribution in [3.05, 3.63) is 42.0 Å². The normalized spacial score (nSPS) is 24.1. The van der Waals surface area contributed by atoms with E-state index in [0.29, 0.717) is 5.92 Å². The first-order valence-corrected chi connectivity index (χ1v) is 5.84. The van der Waals surface area contributed by atoms with Crippen LogP contribution in [0.1, 0.15) is 32.8 Å². The second kappa shape index (κ2) is 3.89. The standard InChI is InChI=1S/C15H18O/c1-11-9-10-13(14(16)15(11,2)3)12-7-5-4-6-8-12/h4-8,10-11H,9H2,1-3H3. The SMILES string of the molecule is CC1CC=C(c2ccccc2)C(=O)C1(C)C. The lowest BCUT2D eigenvalue weighted by Crippen LogP contribution is -2.34. The summed E-state index contributed by atoms with van der Waals surface area (Å²) in [6.45, 7) is 6.25. The molecule has 1 unspecified atom stereocenters. The molecule has 1 aliphatic rings. The molecule has 84 valence electrons. The largest absolute Gasteiger partial charge is 0.294 e. The van der Waals surface area contributed by atoms with Gasteiger partial charge in [-0.05, 0) is 17.9 Å². The quantitative estimate of drug-likeness (QED) is 0.696. The summed E-state index contributed by atoms with van der Waals surface area (Å²) in [5, 5.41) is 0. The Morgan fingerprint density at radius 1 is 1.19 bits per heavy atom. The lowest BCUT2D eigenvalue weighted by atomic mass is 9.68. The number of benzene rings is 1. The highest BCUT2D eigenvalue weighted by Crippen LogP contribution is 2.40. The number of carbonyl (C=O) groups excluding carboxylic acids is 1. The molecular weight excluding hydrogens is 196 g/mol. The molecule has 0 N–H and O–H groups in total. The minimum absolute atomic E-state index is 0.236. The van der Waals surface area contributed by atoms with Crippen molar-refractivity contribution in [2.45, 2.75) is 27.2 Å². The number of Topliss-reactive ketones (excluding diaryl/α,β-unsaturated/α-hetero) is 1. The predicted molar refractivity (Wildman–Crippen MR) is 67.0 cm³/mol. The van der Waals surface area contributed by atoms with E-state index in [1.54, 1.807) is 0 Å². The van der Waals surface area contributed by atoms with Crippen molar-refractivity contribution in [2.75, 3.05) is 0 Å². The van der Waals surface area contributed by atoms with E-state index in [1.807, 2.05) is 30.3 Å². The first-order chi connectivity index (χ1) is 7.53. The van der Waals surface area contributed by atoms with Gasteiger partial charge in [-0.1, -0.05) is 57.2 Å². The number of carbonyl (C=O) groups is 1. The summed E-state index contributed by atoms with van der Waals surface area (Å²) >= 11 is 0. The van der Waals surface area contributed by atoms with Crippen LogP contribution in [-0.4, -0.2) is 5.78 Å². The first-order valence-electron chi connectivity index (χ1n) is 5.84. The summed E-state index contributed by atoms with van der Waals surface area (Å²) in [7, 11) is 0. The highest BCUT2D eigenvalue weighted by Gasteiger charge is 2.38. The van der Waals surface area contributed by atoms with E-state index in [0.717, 1.165) is 17.6 Å².